The summed E-state index contributed by atoms with van der Waals surface area (Å²) in [5.74, 6) is 0. The Morgan fingerprint density at radius 3 is 1.81 bits per heavy atom. The zero-order valence-corrected chi connectivity index (χ0v) is 15.9. The lowest BCUT2D eigenvalue weighted by molar-refractivity contribution is 0.557. The largest absolute Gasteiger partial charge is 0.296 e. The molecule has 3 atom stereocenters. The number of benzene rings is 3. The lowest BCUT2D eigenvalue weighted by atomic mass is 10.1. The quantitative estimate of drug-likeness (QED) is 0.346. The fourth-order valence-corrected chi connectivity index (χ4v) is 6.79. The van der Waals surface area contributed by atoms with Crippen LogP contribution in [0.5, 0.6) is 0 Å². The monoisotopic (exact) mass is 379 g/mol. The van der Waals surface area contributed by atoms with Crippen molar-refractivity contribution in [2.45, 2.75) is 12.1 Å². The molecule has 3 aromatic rings. The molecule has 3 aromatic carbocycles. The normalized spacial score (nSPS) is 22.0. The van der Waals surface area contributed by atoms with Gasteiger partial charge in [-0.25, -0.2) is 4.67 Å². The highest BCUT2D eigenvalue weighted by Crippen LogP contribution is 2.64. The summed E-state index contributed by atoms with van der Waals surface area (Å²) in [5, 5.41) is 2.38. The van der Waals surface area contributed by atoms with E-state index in [9.17, 15) is 4.57 Å². The first-order chi connectivity index (χ1) is 12.7. The molecule has 0 radical (unpaired) electrons. The van der Waals surface area contributed by atoms with Crippen LogP contribution in [0.3, 0.4) is 0 Å². The number of hydrogen-bond donors (Lipinski definition) is 0. The molecule has 1 fully saturated rings. The molecule has 0 amide bonds. The van der Waals surface area contributed by atoms with Gasteiger partial charge >= 0.3 is 0 Å². The van der Waals surface area contributed by atoms with Crippen LogP contribution in [-0.4, -0.2) is 10.7 Å². The zero-order chi connectivity index (χ0) is 18.1. The third kappa shape index (κ3) is 2.85. The fourth-order valence-electron chi connectivity index (χ4n) is 3.52. The van der Waals surface area contributed by atoms with Crippen LogP contribution in [-0.2, 0) is 4.57 Å². The Morgan fingerprint density at radius 1 is 0.846 bits per heavy atom. The van der Waals surface area contributed by atoms with E-state index in [0.717, 1.165) is 16.2 Å². The molecule has 0 N–H and O–H groups in total. The second kappa shape index (κ2) is 6.89. The molecule has 1 aliphatic rings. The Labute approximate surface area is 159 Å². The SMILES string of the molecule is C=C[C@H]1[C@H](c2ccc(Cl)cc2)N1P(=O)(c1ccccc1)c1ccccc1. The van der Waals surface area contributed by atoms with Gasteiger partial charge in [-0.3, -0.25) is 4.57 Å². The maximum Gasteiger partial charge on any atom is 0.208 e. The van der Waals surface area contributed by atoms with E-state index in [0.29, 0.717) is 5.02 Å². The van der Waals surface area contributed by atoms with Gasteiger partial charge in [0.2, 0.25) is 7.29 Å². The maximum absolute atomic E-state index is 14.5. The summed E-state index contributed by atoms with van der Waals surface area (Å²) in [7, 11) is -2.96. The Kier molecular flexibility index (Phi) is 4.58. The van der Waals surface area contributed by atoms with Crippen molar-refractivity contribution < 1.29 is 4.57 Å². The van der Waals surface area contributed by atoms with E-state index in [1.54, 1.807) is 0 Å². The van der Waals surface area contributed by atoms with Crippen molar-refractivity contribution in [1.29, 1.82) is 0 Å². The van der Waals surface area contributed by atoms with Gasteiger partial charge in [0, 0.05) is 15.6 Å². The van der Waals surface area contributed by atoms with Gasteiger partial charge in [0.1, 0.15) is 0 Å². The van der Waals surface area contributed by atoms with Gasteiger partial charge in [0.25, 0.3) is 0 Å². The standard InChI is InChI=1S/C22H19ClNOP/c1-2-21-22(17-13-15-18(23)16-14-17)24(21)26(25,19-9-5-3-6-10-19)20-11-7-4-8-12-20/h2-16,21-22H,1H2/t21-,22-,24?/m0/s1. The molecular formula is C22H19ClNOP. The number of hydrogen-bond acceptors (Lipinski definition) is 1. The molecule has 1 unspecified atom stereocenters. The molecule has 26 heavy (non-hydrogen) atoms. The summed E-state index contributed by atoms with van der Waals surface area (Å²) in [6.07, 6.45) is 1.89. The molecule has 1 aliphatic heterocycles. The van der Waals surface area contributed by atoms with Crippen LogP contribution in [0.25, 0.3) is 0 Å². The first-order valence-electron chi connectivity index (χ1n) is 8.54. The summed E-state index contributed by atoms with van der Waals surface area (Å²) in [4.78, 5) is 0. The molecule has 1 saturated heterocycles. The van der Waals surface area contributed by atoms with Crippen molar-refractivity contribution >= 4 is 29.5 Å². The maximum atomic E-state index is 14.5. The molecule has 0 aromatic heterocycles. The molecule has 4 rings (SSSR count). The van der Waals surface area contributed by atoms with E-state index in [-0.39, 0.29) is 12.1 Å². The predicted molar refractivity (Wildman–Crippen MR) is 110 cm³/mol. The molecule has 130 valence electrons. The molecule has 0 bridgehead atoms. The molecular weight excluding hydrogens is 361 g/mol. The lowest BCUT2D eigenvalue weighted by Crippen LogP contribution is -2.22. The van der Waals surface area contributed by atoms with Gasteiger partial charge in [-0.15, -0.1) is 6.58 Å². The first-order valence-corrected chi connectivity index (χ1v) is 10.6. The van der Waals surface area contributed by atoms with Crippen LogP contribution >= 0.6 is 18.9 Å². The molecule has 0 spiro atoms. The Morgan fingerprint density at radius 2 is 1.35 bits per heavy atom. The number of halogens is 1. The average molecular weight is 380 g/mol. The average Bonchev–Trinajstić information content (AvgIpc) is 3.44. The summed E-state index contributed by atoms with van der Waals surface area (Å²) in [6, 6.07) is 27.3. The highest BCUT2D eigenvalue weighted by molar-refractivity contribution is 7.76. The molecule has 2 nitrogen and oxygen atoms in total. The van der Waals surface area contributed by atoms with Gasteiger partial charge in [0.05, 0.1) is 12.1 Å². The van der Waals surface area contributed by atoms with Crippen LogP contribution < -0.4 is 10.6 Å². The van der Waals surface area contributed by atoms with Crippen molar-refractivity contribution in [1.82, 2.24) is 4.67 Å². The van der Waals surface area contributed by atoms with Gasteiger partial charge in [0.15, 0.2) is 0 Å². The number of rotatable bonds is 5. The minimum atomic E-state index is -2.96. The predicted octanol–water partition coefficient (Wildman–Crippen LogP) is 5.18. The fraction of sp³-hybridized carbons (Fsp3) is 0.0909. The summed E-state index contributed by atoms with van der Waals surface area (Å²) in [6.45, 7) is 3.98. The highest BCUT2D eigenvalue weighted by Gasteiger charge is 2.57. The summed E-state index contributed by atoms with van der Waals surface area (Å²) < 4.78 is 16.5. The molecule has 1 heterocycles. The van der Waals surface area contributed by atoms with Crippen LogP contribution in [0.2, 0.25) is 5.02 Å². The van der Waals surface area contributed by atoms with Crippen molar-refractivity contribution in [2.24, 2.45) is 0 Å². The van der Waals surface area contributed by atoms with Gasteiger partial charge in [-0.1, -0.05) is 66.2 Å². The Balaban J connectivity index is 1.84. The van der Waals surface area contributed by atoms with Gasteiger partial charge in [-0.2, -0.15) is 0 Å². The number of nitrogens with zero attached hydrogens (tertiary/aromatic N) is 1. The minimum Gasteiger partial charge on any atom is -0.296 e. The van der Waals surface area contributed by atoms with Crippen LogP contribution in [0.15, 0.2) is 97.6 Å². The van der Waals surface area contributed by atoms with E-state index in [2.05, 4.69) is 11.2 Å². The Hall–Kier alpha value is -2.12. The van der Waals surface area contributed by atoms with Crippen LogP contribution in [0.1, 0.15) is 11.6 Å². The Bertz CT molecular complexity index is 913. The van der Waals surface area contributed by atoms with Crippen molar-refractivity contribution in [3.63, 3.8) is 0 Å². The molecule has 4 heteroatoms. The summed E-state index contributed by atoms with van der Waals surface area (Å²) >= 11 is 6.04. The van der Waals surface area contributed by atoms with Gasteiger partial charge in [-0.05, 0) is 42.0 Å². The van der Waals surface area contributed by atoms with Crippen molar-refractivity contribution in [3.8, 4) is 0 Å². The second-order valence-corrected chi connectivity index (χ2v) is 9.43. The molecule has 0 aliphatic carbocycles. The van der Waals surface area contributed by atoms with E-state index < -0.39 is 7.29 Å². The lowest BCUT2D eigenvalue weighted by Gasteiger charge is -2.22. The zero-order valence-electron chi connectivity index (χ0n) is 14.2. The third-order valence-electron chi connectivity index (χ3n) is 4.81. The summed E-state index contributed by atoms with van der Waals surface area (Å²) in [5.41, 5.74) is 1.10. The second-order valence-electron chi connectivity index (χ2n) is 6.35. The van der Waals surface area contributed by atoms with E-state index in [4.69, 9.17) is 11.6 Å². The first kappa shape index (κ1) is 17.3. The smallest absolute Gasteiger partial charge is 0.208 e. The van der Waals surface area contributed by atoms with Crippen LogP contribution in [0.4, 0.5) is 0 Å². The topological polar surface area (TPSA) is 20.1 Å². The third-order valence-corrected chi connectivity index (χ3v) is 8.23. The van der Waals surface area contributed by atoms with E-state index in [1.807, 2.05) is 91.0 Å². The minimum absolute atomic E-state index is 0.0300. The molecule has 0 saturated carbocycles. The van der Waals surface area contributed by atoms with Crippen molar-refractivity contribution in [3.05, 3.63) is 108 Å². The van der Waals surface area contributed by atoms with E-state index in [1.165, 1.54) is 0 Å². The van der Waals surface area contributed by atoms with Crippen LogP contribution in [0, 0.1) is 0 Å². The van der Waals surface area contributed by atoms with Gasteiger partial charge < -0.3 is 0 Å². The van der Waals surface area contributed by atoms with E-state index >= 15 is 0 Å². The van der Waals surface area contributed by atoms with Crippen molar-refractivity contribution in [2.75, 3.05) is 0 Å². The highest BCUT2D eigenvalue weighted by atomic mass is 35.5.